The van der Waals surface area contributed by atoms with Crippen LogP contribution < -0.4 is 10.0 Å². The van der Waals surface area contributed by atoms with E-state index in [1.54, 1.807) is 18.2 Å². The third-order valence-corrected chi connectivity index (χ3v) is 5.15. The van der Waals surface area contributed by atoms with Crippen LogP contribution in [0.1, 0.15) is 27.5 Å². The molecule has 0 aliphatic rings. The number of benzene rings is 3. The smallest absolute Gasteiger partial charge is 0.251 e. The zero-order valence-electron chi connectivity index (χ0n) is 15.8. The zero-order chi connectivity index (χ0) is 20.9. The van der Waals surface area contributed by atoms with Crippen LogP contribution in [0.5, 0.6) is 0 Å². The minimum absolute atomic E-state index is 0.253. The topological polar surface area (TPSA) is 75.3 Å². The average molecular weight is 429 g/mol. The lowest BCUT2D eigenvalue weighted by Gasteiger charge is -2.20. The largest absolute Gasteiger partial charge is 0.345 e. The quantitative estimate of drug-likeness (QED) is 0.584. The first-order chi connectivity index (χ1) is 13.8. The molecule has 150 valence electrons. The number of amides is 1. The Labute approximate surface area is 175 Å². The van der Waals surface area contributed by atoms with Crippen LogP contribution in [0.3, 0.4) is 0 Å². The van der Waals surface area contributed by atoms with Crippen LogP contribution >= 0.6 is 11.6 Å². The fourth-order valence-electron chi connectivity index (χ4n) is 2.97. The van der Waals surface area contributed by atoms with Crippen LogP contribution in [0.25, 0.3) is 0 Å². The summed E-state index contributed by atoms with van der Waals surface area (Å²) in [5, 5.41) is 3.71. The Morgan fingerprint density at radius 2 is 1.66 bits per heavy atom. The van der Waals surface area contributed by atoms with Crippen molar-refractivity contribution >= 4 is 33.2 Å². The molecule has 3 aromatic rings. The second-order valence-electron chi connectivity index (χ2n) is 6.72. The highest BCUT2D eigenvalue weighted by Gasteiger charge is 2.17. The summed E-state index contributed by atoms with van der Waals surface area (Å²) in [7, 11) is -3.42. The molecule has 1 amide bonds. The SMILES string of the molecule is CS(=O)(=O)Nc1cccc(C(=O)NC(Cc2ccc(Cl)cc2)c2ccccc2)c1. The predicted octanol–water partition coefficient (Wildman–Crippen LogP) is 4.43. The summed E-state index contributed by atoms with van der Waals surface area (Å²) in [6, 6.07) is 23.3. The molecule has 0 radical (unpaired) electrons. The zero-order valence-corrected chi connectivity index (χ0v) is 17.4. The number of anilines is 1. The Morgan fingerprint density at radius 3 is 2.31 bits per heavy atom. The van der Waals surface area contributed by atoms with Gasteiger partial charge in [0.05, 0.1) is 12.3 Å². The molecule has 29 heavy (non-hydrogen) atoms. The molecule has 0 aromatic heterocycles. The van der Waals surface area contributed by atoms with E-state index in [1.165, 1.54) is 6.07 Å². The summed E-state index contributed by atoms with van der Waals surface area (Å²) < 4.78 is 25.3. The van der Waals surface area contributed by atoms with Gasteiger partial charge < -0.3 is 5.32 Å². The Morgan fingerprint density at radius 1 is 0.966 bits per heavy atom. The van der Waals surface area contributed by atoms with Crippen molar-refractivity contribution in [2.24, 2.45) is 0 Å². The van der Waals surface area contributed by atoms with Gasteiger partial charge in [0.15, 0.2) is 0 Å². The van der Waals surface area contributed by atoms with Crippen LogP contribution in [0.15, 0.2) is 78.9 Å². The molecule has 5 nitrogen and oxygen atoms in total. The van der Waals surface area contributed by atoms with Crippen molar-refractivity contribution in [1.29, 1.82) is 0 Å². The minimum Gasteiger partial charge on any atom is -0.345 e. The van der Waals surface area contributed by atoms with Crippen molar-refractivity contribution in [2.45, 2.75) is 12.5 Å². The molecular weight excluding hydrogens is 408 g/mol. The summed E-state index contributed by atoms with van der Waals surface area (Å²) in [5.74, 6) is -0.287. The molecule has 0 bridgehead atoms. The number of carbonyl (C=O) groups excluding carboxylic acids is 1. The second-order valence-corrected chi connectivity index (χ2v) is 8.91. The van der Waals surface area contributed by atoms with E-state index >= 15 is 0 Å². The maximum atomic E-state index is 12.9. The first-order valence-electron chi connectivity index (χ1n) is 8.98. The van der Waals surface area contributed by atoms with E-state index in [4.69, 9.17) is 11.6 Å². The summed E-state index contributed by atoms with van der Waals surface area (Å²) in [4.78, 5) is 12.9. The van der Waals surface area contributed by atoms with Crippen LogP contribution in [0, 0.1) is 0 Å². The van der Waals surface area contributed by atoms with Crippen LogP contribution in [-0.2, 0) is 16.4 Å². The Kier molecular flexibility index (Phi) is 6.56. The third kappa shape index (κ3) is 6.34. The van der Waals surface area contributed by atoms with Gasteiger partial charge in [0, 0.05) is 16.3 Å². The van der Waals surface area contributed by atoms with Crippen molar-refractivity contribution in [1.82, 2.24) is 5.32 Å². The summed E-state index contributed by atoms with van der Waals surface area (Å²) >= 11 is 5.97. The van der Waals surface area contributed by atoms with E-state index in [9.17, 15) is 13.2 Å². The lowest BCUT2D eigenvalue weighted by Crippen LogP contribution is -2.30. The van der Waals surface area contributed by atoms with Gasteiger partial charge in [-0.2, -0.15) is 0 Å². The molecule has 0 heterocycles. The van der Waals surface area contributed by atoms with E-state index in [0.717, 1.165) is 17.4 Å². The highest BCUT2D eigenvalue weighted by atomic mass is 35.5. The average Bonchev–Trinajstić information content (AvgIpc) is 2.68. The van der Waals surface area contributed by atoms with Crippen molar-refractivity contribution in [3.8, 4) is 0 Å². The number of sulfonamides is 1. The van der Waals surface area contributed by atoms with E-state index in [1.807, 2.05) is 54.6 Å². The van der Waals surface area contributed by atoms with Crippen molar-refractivity contribution in [3.63, 3.8) is 0 Å². The first kappa shape index (κ1) is 20.9. The molecule has 2 N–H and O–H groups in total. The number of halogens is 1. The van der Waals surface area contributed by atoms with E-state index in [0.29, 0.717) is 22.7 Å². The highest BCUT2D eigenvalue weighted by Crippen LogP contribution is 2.21. The Bertz CT molecular complexity index is 1080. The van der Waals surface area contributed by atoms with E-state index in [-0.39, 0.29) is 11.9 Å². The molecule has 0 aliphatic carbocycles. The maximum Gasteiger partial charge on any atom is 0.251 e. The monoisotopic (exact) mass is 428 g/mol. The van der Waals surface area contributed by atoms with Gasteiger partial charge in [-0.15, -0.1) is 0 Å². The van der Waals surface area contributed by atoms with Gasteiger partial charge in [-0.1, -0.05) is 60.1 Å². The molecule has 1 atom stereocenters. The fourth-order valence-corrected chi connectivity index (χ4v) is 3.65. The first-order valence-corrected chi connectivity index (χ1v) is 11.3. The third-order valence-electron chi connectivity index (χ3n) is 4.29. The second kappa shape index (κ2) is 9.11. The summed E-state index contributed by atoms with van der Waals surface area (Å²) in [6.07, 6.45) is 1.66. The van der Waals surface area contributed by atoms with Gasteiger partial charge in [-0.25, -0.2) is 8.42 Å². The number of nitrogens with one attached hydrogen (secondary N) is 2. The number of hydrogen-bond donors (Lipinski definition) is 2. The highest BCUT2D eigenvalue weighted by molar-refractivity contribution is 7.92. The van der Waals surface area contributed by atoms with Crippen molar-refractivity contribution in [3.05, 3.63) is 101 Å². The number of carbonyl (C=O) groups is 1. The van der Waals surface area contributed by atoms with Crippen molar-refractivity contribution in [2.75, 3.05) is 11.0 Å². The standard InChI is InChI=1S/C22H21ClN2O3S/c1-29(27,28)25-20-9-5-8-18(15-20)22(26)24-21(17-6-3-2-4-7-17)14-16-10-12-19(23)13-11-16/h2-13,15,21,25H,14H2,1H3,(H,24,26). The van der Waals surface area contributed by atoms with Crippen molar-refractivity contribution < 1.29 is 13.2 Å². The van der Waals surface area contributed by atoms with Gasteiger partial charge >= 0.3 is 0 Å². The Balaban J connectivity index is 1.83. The molecule has 1 unspecified atom stereocenters. The van der Waals surface area contributed by atoms with Gasteiger partial charge in [-0.3, -0.25) is 9.52 Å². The molecule has 3 rings (SSSR count). The van der Waals surface area contributed by atoms with Crippen LogP contribution in [0.2, 0.25) is 5.02 Å². The molecule has 0 fully saturated rings. The molecule has 7 heteroatoms. The van der Waals surface area contributed by atoms with Gasteiger partial charge in [-0.05, 0) is 47.9 Å². The summed E-state index contributed by atoms with van der Waals surface area (Å²) in [5.41, 5.74) is 2.72. The molecule has 0 spiro atoms. The fraction of sp³-hybridized carbons (Fsp3) is 0.136. The lowest BCUT2D eigenvalue weighted by molar-refractivity contribution is 0.0936. The molecular formula is C22H21ClN2O3S. The van der Waals surface area contributed by atoms with Crippen LogP contribution in [-0.4, -0.2) is 20.6 Å². The molecule has 0 saturated carbocycles. The van der Waals surface area contributed by atoms with E-state index in [2.05, 4.69) is 10.0 Å². The normalized spacial score (nSPS) is 12.2. The van der Waals surface area contributed by atoms with E-state index < -0.39 is 10.0 Å². The number of hydrogen-bond acceptors (Lipinski definition) is 3. The molecule has 0 saturated heterocycles. The molecule has 0 aliphatic heterocycles. The minimum atomic E-state index is -3.42. The molecule has 3 aromatic carbocycles. The van der Waals surface area contributed by atoms with Gasteiger partial charge in [0.1, 0.15) is 0 Å². The number of rotatable bonds is 7. The van der Waals surface area contributed by atoms with Gasteiger partial charge in [0.2, 0.25) is 10.0 Å². The lowest BCUT2D eigenvalue weighted by atomic mass is 9.98. The maximum absolute atomic E-state index is 12.9. The van der Waals surface area contributed by atoms with Gasteiger partial charge in [0.25, 0.3) is 5.91 Å². The predicted molar refractivity (Wildman–Crippen MR) is 117 cm³/mol. The van der Waals surface area contributed by atoms with Crippen LogP contribution in [0.4, 0.5) is 5.69 Å². The summed E-state index contributed by atoms with van der Waals surface area (Å²) in [6.45, 7) is 0. The Hall–Kier alpha value is -2.83.